The molecule has 2 N–H and O–H groups in total. The number of thiazole rings is 1. The molecule has 0 aliphatic rings. The van der Waals surface area contributed by atoms with E-state index in [-0.39, 0.29) is 16.6 Å². The number of hydrogen-bond acceptors (Lipinski definition) is 4. The molecule has 0 atom stereocenters. The van der Waals surface area contributed by atoms with E-state index < -0.39 is 5.97 Å². The normalized spacial score (nSPS) is 12.5. The minimum absolute atomic E-state index is 0.108. The fourth-order valence-electron chi connectivity index (χ4n) is 2.16. The Bertz CT molecular complexity index is 405. The van der Waals surface area contributed by atoms with Gasteiger partial charge in [-0.15, -0.1) is 11.3 Å². The molecule has 0 aliphatic carbocycles. The predicted octanol–water partition coefficient (Wildman–Crippen LogP) is 3.47. The van der Waals surface area contributed by atoms with Gasteiger partial charge in [0, 0.05) is 5.54 Å². The third-order valence-corrected chi connectivity index (χ3v) is 2.94. The number of nitrogens with one attached hydrogen (secondary N) is 1. The summed E-state index contributed by atoms with van der Waals surface area (Å²) in [7, 11) is 0. The van der Waals surface area contributed by atoms with Crippen LogP contribution in [0.25, 0.3) is 0 Å². The Morgan fingerprint density at radius 3 is 2.47 bits per heavy atom. The summed E-state index contributed by atoms with van der Waals surface area (Å²) in [6, 6.07) is 0. The first-order chi connectivity index (χ1) is 7.61. The zero-order valence-corrected chi connectivity index (χ0v) is 11.8. The summed E-state index contributed by atoms with van der Waals surface area (Å²) < 4.78 is 0. The van der Waals surface area contributed by atoms with Crippen LogP contribution in [-0.4, -0.2) is 21.6 Å². The van der Waals surface area contributed by atoms with Crippen LogP contribution in [0.2, 0.25) is 0 Å². The van der Waals surface area contributed by atoms with Crippen molar-refractivity contribution in [1.82, 2.24) is 4.98 Å². The number of carboxylic acid groups (broad SMARTS) is 1. The first-order valence-electron chi connectivity index (χ1n) is 5.56. The molecule has 0 saturated carbocycles. The van der Waals surface area contributed by atoms with Crippen molar-refractivity contribution in [2.45, 2.75) is 46.6 Å². The lowest BCUT2D eigenvalue weighted by atomic mass is 9.82. The molecule has 0 aromatic carbocycles. The molecular weight excluding hydrogens is 236 g/mol. The van der Waals surface area contributed by atoms with Crippen LogP contribution < -0.4 is 5.32 Å². The highest BCUT2D eigenvalue weighted by molar-refractivity contribution is 7.14. The maximum Gasteiger partial charge on any atom is 0.357 e. The van der Waals surface area contributed by atoms with Gasteiger partial charge in [-0.05, 0) is 25.7 Å². The van der Waals surface area contributed by atoms with Gasteiger partial charge in [0.25, 0.3) is 0 Å². The van der Waals surface area contributed by atoms with E-state index in [2.05, 4.69) is 44.9 Å². The first kappa shape index (κ1) is 14.0. The molecule has 0 spiro atoms. The van der Waals surface area contributed by atoms with Crippen molar-refractivity contribution in [1.29, 1.82) is 0 Å². The molecule has 5 heteroatoms. The largest absolute Gasteiger partial charge is 0.476 e. The standard InChI is InChI=1S/C12H20N2O2S/c1-11(2,3)6-12(4,5)14-9-8(10(15)16)13-7-17-9/h7,14H,6H2,1-5H3,(H,15,16). The van der Waals surface area contributed by atoms with Crippen LogP contribution >= 0.6 is 11.3 Å². The second-order valence-electron chi connectivity index (χ2n) is 6.08. The third-order valence-electron chi connectivity index (χ3n) is 2.19. The van der Waals surface area contributed by atoms with E-state index in [1.54, 1.807) is 5.51 Å². The molecule has 1 aromatic heterocycles. The van der Waals surface area contributed by atoms with E-state index in [4.69, 9.17) is 5.11 Å². The highest BCUT2D eigenvalue weighted by Crippen LogP contribution is 2.32. The molecule has 17 heavy (non-hydrogen) atoms. The van der Waals surface area contributed by atoms with Crippen LogP contribution in [-0.2, 0) is 0 Å². The second-order valence-corrected chi connectivity index (χ2v) is 6.94. The average molecular weight is 256 g/mol. The number of aromatic nitrogens is 1. The quantitative estimate of drug-likeness (QED) is 0.866. The summed E-state index contributed by atoms with van der Waals surface area (Å²) >= 11 is 1.33. The Morgan fingerprint density at radius 2 is 2.00 bits per heavy atom. The van der Waals surface area contributed by atoms with Crippen molar-refractivity contribution < 1.29 is 9.90 Å². The molecule has 0 unspecified atom stereocenters. The van der Waals surface area contributed by atoms with E-state index in [9.17, 15) is 4.79 Å². The van der Waals surface area contributed by atoms with Crippen molar-refractivity contribution in [3.05, 3.63) is 11.2 Å². The summed E-state index contributed by atoms with van der Waals surface area (Å²) in [6.45, 7) is 10.6. The van der Waals surface area contributed by atoms with Gasteiger partial charge >= 0.3 is 5.97 Å². The van der Waals surface area contributed by atoms with Gasteiger partial charge in [0.15, 0.2) is 5.69 Å². The van der Waals surface area contributed by atoms with Crippen LogP contribution in [0, 0.1) is 5.41 Å². The summed E-state index contributed by atoms with van der Waals surface area (Å²) in [5.41, 5.74) is 1.69. The van der Waals surface area contributed by atoms with Gasteiger partial charge in [-0.3, -0.25) is 0 Å². The lowest BCUT2D eigenvalue weighted by molar-refractivity contribution is 0.0692. The number of nitrogens with zero attached hydrogens (tertiary/aromatic N) is 1. The smallest absolute Gasteiger partial charge is 0.357 e. The number of rotatable bonds is 4. The molecule has 1 heterocycles. The SMILES string of the molecule is CC(C)(C)CC(C)(C)Nc1scnc1C(=O)O. The van der Waals surface area contributed by atoms with E-state index in [1.807, 2.05) is 0 Å². The van der Waals surface area contributed by atoms with Crippen molar-refractivity contribution in [2.24, 2.45) is 5.41 Å². The molecule has 0 radical (unpaired) electrons. The molecule has 4 nitrogen and oxygen atoms in total. The molecule has 1 aromatic rings. The number of aromatic carboxylic acids is 1. The molecule has 0 fully saturated rings. The van der Waals surface area contributed by atoms with Gasteiger partial charge in [0.1, 0.15) is 5.00 Å². The van der Waals surface area contributed by atoms with Gasteiger partial charge in [-0.1, -0.05) is 20.8 Å². The minimum Gasteiger partial charge on any atom is -0.476 e. The number of anilines is 1. The lowest BCUT2D eigenvalue weighted by Crippen LogP contribution is -2.35. The monoisotopic (exact) mass is 256 g/mol. The van der Waals surface area contributed by atoms with Crippen LogP contribution in [0.4, 0.5) is 5.00 Å². The second kappa shape index (κ2) is 4.64. The van der Waals surface area contributed by atoms with E-state index in [1.165, 1.54) is 11.3 Å². The number of carboxylic acids is 1. The van der Waals surface area contributed by atoms with Gasteiger partial charge < -0.3 is 10.4 Å². The highest BCUT2D eigenvalue weighted by atomic mass is 32.1. The maximum atomic E-state index is 11.0. The number of hydrogen-bond donors (Lipinski definition) is 2. The number of carbonyl (C=O) groups is 1. The van der Waals surface area contributed by atoms with E-state index in [0.717, 1.165) is 6.42 Å². The van der Waals surface area contributed by atoms with Crippen LogP contribution in [0.1, 0.15) is 51.5 Å². The van der Waals surface area contributed by atoms with Gasteiger partial charge in [0.05, 0.1) is 5.51 Å². The Morgan fingerprint density at radius 1 is 1.41 bits per heavy atom. The first-order valence-corrected chi connectivity index (χ1v) is 6.44. The van der Waals surface area contributed by atoms with Crippen molar-refractivity contribution >= 4 is 22.3 Å². The predicted molar refractivity (Wildman–Crippen MR) is 70.8 cm³/mol. The average Bonchev–Trinajstić information content (AvgIpc) is 2.45. The van der Waals surface area contributed by atoms with Crippen LogP contribution in [0.15, 0.2) is 5.51 Å². The van der Waals surface area contributed by atoms with E-state index in [0.29, 0.717) is 5.00 Å². The topological polar surface area (TPSA) is 62.2 Å². The third kappa shape index (κ3) is 4.34. The Labute approximate surface area is 106 Å². The zero-order valence-electron chi connectivity index (χ0n) is 11.0. The van der Waals surface area contributed by atoms with Gasteiger partial charge in [-0.2, -0.15) is 0 Å². The van der Waals surface area contributed by atoms with E-state index >= 15 is 0 Å². The molecule has 0 bridgehead atoms. The van der Waals surface area contributed by atoms with Crippen molar-refractivity contribution in [2.75, 3.05) is 5.32 Å². The van der Waals surface area contributed by atoms with Crippen LogP contribution in [0.5, 0.6) is 0 Å². The Kier molecular flexibility index (Phi) is 3.81. The molecular formula is C12H20N2O2S. The summed E-state index contributed by atoms with van der Waals surface area (Å²) in [5, 5.41) is 12.9. The lowest BCUT2D eigenvalue weighted by Gasteiger charge is -2.33. The fraction of sp³-hybridized carbons (Fsp3) is 0.667. The van der Waals surface area contributed by atoms with Gasteiger partial charge in [0.2, 0.25) is 0 Å². The molecule has 1 rings (SSSR count). The molecule has 0 saturated heterocycles. The maximum absolute atomic E-state index is 11.0. The summed E-state index contributed by atoms with van der Waals surface area (Å²) in [6.07, 6.45) is 0.941. The van der Waals surface area contributed by atoms with Crippen molar-refractivity contribution in [3.63, 3.8) is 0 Å². The Hall–Kier alpha value is -1.10. The highest BCUT2D eigenvalue weighted by Gasteiger charge is 2.27. The summed E-state index contributed by atoms with van der Waals surface area (Å²) in [5.74, 6) is -0.986. The summed E-state index contributed by atoms with van der Waals surface area (Å²) in [4.78, 5) is 14.8. The van der Waals surface area contributed by atoms with Gasteiger partial charge in [-0.25, -0.2) is 9.78 Å². The zero-order chi connectivity index (χ0) is 13.3. The van der Waals surface area contributed by atoms with Crippen LogP contribution in [0.3, 0.4) is 0 Å². The molecule has 0 aliphatic heterocycles. The fourth-order valence-corrected chi connectivity index (χ4v) is 3.01. The van der Waals surface area contributed by atoms with Crippen molar-refractivity contribution in [3.8, 4) is 0 Å². The molecule has 96 valence electrons. The Balaban J connectivity index is 2.83. The molecule has 0 amide bonds. The minimum atomic E-state index is -0.986.